The normalized spacial score (nSPS) is 11.1. The highest BCUT2D eigenvalue weighted by molar-refractivity contribution is 5.77. The molecule has 0 unspecified atom stereocenters. The third kappa shape index (κ3) is 1.98. The Kier molecular flexibility index (Phi) is 2.78. The lowest BCUT2D eigenvalue weighted by atomic mass is 10.1. The third-order valence-corrected chi connectivity index (χ3v) is 1.81. The number of methoxy groups -OCH3 is 1. The number of benzene rings is 1. The molecule has 0 aromatic heterocycles. The highest BCUT2D eigenvalue weighted by Gasteiger charge is 2.41. The van der Waals surface area contributed by atoms with Gasteiger partial charge in [0.15, 0.2) is 11.5 Å². The van der Waals surface area contributed by atoms with Gasteiger partial charge in [-0.15, -0.1) is 0 Å². The number of aliphatic carboxylic acids is 1. The molecule has 0 heterocycles. The molecule has 0 atom stereocenters. The molecule has 1 aromatic carbocycles. The van der Waals surface area contributed by atoms with Gasteiger partial charge in [0.2, 0.25) is 0 Å². The maximum Gasteiger partial charge on any atom is 0.379 e. The number of carbonyl (C=O) groups is 1. The summed E-state index contributed by atoms with van der Waals surface area (Å²) in [6.07, 6.45) is 0. The summed E-state index contributed by atoms with van der Waals surface area (Å²) in [5, 5.41) is 17.4. The lowest BCUT2D eigenvalue weighted by Gasteiger charge is -2.12. The van der Waals surface area contributed by atoms with E-state index in [4.69, 9.17) is 10.2 Å². The van der Waals surface area contributed by atoms with E-state index in [9.17, 15) is 13.6 Å². The van der Waals surface area contributed by atoms with E-state index in [2.05, 4.69) is 4.74 Å². The minimum Gasteiger partial charge on any atom is -0.504 e. The van der Waals surface area contributed by atoms with Crippen molar-refractivity contribution in [1.82, 2.24) is 0 Å². The Morgan fingerprint density at radius 3 is 2.53 bits per heavy atom. The molecule has 6 heteroatoms. The first kappa shape index (κ1) is 11.2. The molecule has 0 fully saturated rings. The molecule has 0 amide bonds. The summed E-state index contributed by atoms with van der Waals surface area (Å²) >= 11 is 0. The summed E-state index contributed by atoms with van der Waals surface area (Å²) in [4.78, 5) is 10.3. The Balaban J connectivity index is 3.22. The highest BCUT2D eigenvalue weighted by Crippen LogP contribution is 2.34. The van der Waals surface area contributed by atoms with Gasteiger partial charge in [0, 0.05) is 5.56 Å². The molecule has 0 aliphatic heterocycles. The summed E-state index contributed by atoms with van der Waals surface area (Å²) in [6, 6.07) is 2.56. The summed E-state index contributed by atoms with van der Waals surface area (Å²) in [5.41, 5.74) is -0.746. The van der Waals surface area contributed by atoms with Gasteiger partial charge in [-0.2, -0.15) is 8.78 Å². The maximum atomic E-state index is 13.0. The van der Waals surface area contributed by atoms with Crippen molar-refractivity contribution in [3.8, 4) is 11.5 Å². The van der Waals surface area contributed by atoms with Crippen LogP contribution in [0.2, 0.25) is 0 Å². The number of aromatic hydroxyl groups is 1. The van der Waals surface area contributed by atoms with E-state index in [1.54, 1.807) is 0 Å². The van der Waals surface area contributed by atoms with Crippen molar-refractivity contribution < 1.29 is 28.5 Å². The Labute approximate surface area is 83.7 Å². The van der Waals surface area contributed by atoms with Gasteiger partial charge in [-0.25, -0.2) is 4.79 Å². The Morgan fingerprint density at radius 2 is 2.07 bits per heavy atom. The van der Waals surface area contributed by atoms with Crippen LogP contribution in [0.3, 0.4) is 0 Å². The molecule has 2 N–H and O–H groups in total. The number of ether oxygens (including phenoxy) is 1. The van der Waals surface area contributed by atoms with Crippen molar-refractivity contribution in [1.29, 1.82) is 0 Å². The van der Waals surface area contributed by atoms with Crippen molar-refractivity contribution in [3.63, 3.8) is 0 Å². The predicted octanol–water partition coefficient (Wildman–Crippen LogP) is 1.58. The second kappa shape index (κ2) is 3.72. The lowest BCUT2D eigenvalue weighted by Crippen LogP contribution is -2.25. The number of alkyl halides is 2. The predicted molar refractivity (Wildman–Crippen MR) is 46.2 cm³/mol. The molecule has 4 nitrogen and oxygen atoms in total. The van der Waals surface area contributed by atoms with E-state index in [0.717, 1.165) is 18.2 Å². The second-order valence-corrected chi connectivity index (χ2v) is 2.77. The van der Waals surface area contributed by atoms with E-state index < -0.39 is 17.5 Å². The standard InChI is InChI=1S/C9H8F2O4/c1-15-7-4-5(2-3-6(7)12)9(10,11)8(13)14/h2-4,12H,1H3,(H,13,14). The van der Waals surface area contributed by atoms with Crippen LogP contribution in [0.15, 0.2) is 18.2 Å². The number of phenolic OH excluding ortho intramolecular Hbond substituents is 1. The molecule has 1 rings (SSSR count). The fraction of sp³-hybridized carbons (Fsp3) is 0.222. The third-order valence-electron chi connectivity index (χ3n) is 1.81. The Bertz CT molecular complexity index is 390. The van der Waals surface area contributed by atoms with Crippen LogP contribution in [-0.2, 0) is 10.7 Å². The first-order valence-electron chi connectivity index (χ1n) is 3.88. The molecular weight excluding hydrogens is 210 g/mol. The number of phenols is 1. The highest BCUT2D eigenvalue weighted by atomic mass is 19.3. The maximum absolute atomic E-state index is 13.0. The van der Waals surface area contributed by atoms with Gasteiger partial charge in [-0.3, -0.25) is 0 Å². The van der Waals surface area contributed by atoms with E-state index >= 15 is 0 Å². The zero-order chi connectivity index (χ0) is 11.6. The van der Waals surface area contributed by atoms with Gasteiger partial charge in [0.25, 0.3) is 0 Å². The molecule has 0 saturated carbocycles. The topological polar surface area (TPSA) is 66.8 Å². The number of carboxylic acids is 1. The van der Waals surface area contributed by atoms with Crippen molar-refractivity contribution in [2.75, 3.05) is 7.11 Å². The van der Waals surface area contributed by atoms with Crippen molar-refractivity contribution in [2.24, 2.45) is 0 Å². The van der Waals surface area contributed by atoms with E-state index in [0.29, 0.717) is 0 Å². The van der Waals surface area contributed by atoms with Crippen LogP contribution < -0.4 is 4.74 Å². The summed E-state index contributed by atoms with van der Waals surface area (Å²) < 4.78 is 30.6. The smallest absolute Gasteiger partial charge is 0.379 e. The largest absolute Gasteiger partial charge is 0.504 e. The molecular formula is C9H8F2O4. The van der Waals surface area contributed by atoms with Crippen LogP contribution in [0.1, 0.15) is 5.56 Å². The number of halogens is 2. The van der Waals surface area contributed by atoms with Crippen LogP contribution in [0.5, 0.6) is 11.5 Å². The monoisotopic (exact) mass is 218 g/mol. The zero-order valence-corrected chi connectivity index (χ0v) is 7.70. The van der Waals surface area contributed by atoms with Gasteiger partial charge in [-0.1, -0.05) is 0 Å². The Hall–Kier alpha value is -1.85. The second-order valence-electron chi connectivity index (χ2n) is 2.77. The van der Waals surface area contributed by atoms with Crippen molar-refractivity contribution in [2.45, 2.75) is 5.92 Å². The molecule has 0 radical (unpaired) electrons. The number of hydrogen-bond donors (Lipinski definition) is 2. The quantitative estimate of drug-likeness (QED) is 0.808. The number of carboxylic acid groups (broad SMARTS) is 1. The van der Waals surface area contributed by atoms with Crippen LogP contribution in [-0.4, -0.2) is 23.3 Å². The van der Waals surface area contributed by atoms with Gasteiger partial charge < -0.3 is 14.9 Å². The first-order chi connectivity index (χ1) is 6.89. The molecule has 0 aliphatic rings. The van der Waals surface area contributed by atoms with Gasteiger partial charge >= 0.3 is 11.9 Å². The van der Waals surface area contributed by atoms with Crippen molar-refractivity contribution >= 4 is 5.97 Å². The zero-order valence-electron chi connectivity index (χ0n) is 7.70. The number of hydrogen-bond acceptors (Lipinski definition) is 3. The Morgan fingerprint density at radius 1 is 1.47 bits per heavy atom. The lowest BCUT2D eigenvalue weighted by molar-refractivity contribution is -0.166. The summed E-state index contributed by atoms with van der Waals surface area (Å²) in [7, 11) is 1.18. The minimum absolute atomic E-state index is 0.201. The molecule has 0 bridgehead atoms. The fourth-order valence-electron chi connectivity index (χ4n) is 0.996. The van der Waals surface area contributed by atoms with Crippen LogP contribution in [0, 0.1) is 0 Å². The summed E-state index contributed by atoms with van der Waals surface area (Å²) in [6.45, 7) is 0. The van der Waals surface area contributed by atoms with Crippen LogP contribution in [0.25, 0.3) is 0 Å². The molecule has 15 heavy (non-hydrogen) atoms. The number of rotatable bonds is 3. The van der Waals surface area contributed by atoms with Gasteiger partial charge in [-0.05, 0) is 18.2 Å². The fourth-order valence-corrected chi connectivity index (χ4v) is 0.996. The summed E-state index contributed by atoms with van der Waals surface area (Å²) in [5.74, 6) is -6.79. The van der Waals surface area contributed by atoms with Crippen molar-refractivity contribution in [3.05, 3.63) is 23.8 Å². The van der Waals surface area contributed by atoms with Gasteiger partial charge in [0.1, 0.15) is 0 Å². The average molecular weight is 218 g/mol. The van der Waals surface area contributed by atoms with Gasteiger partial charge in [0.05, 0.1) is 7.11 Å². The van der Waals surface area contributed by atoms with E-state index in [-0.39, 0.29) is 11.5 Å². The molecule has 0 saturated heterocycles. The first-order valence-corrected chi connectivity index (χ1v) is 3.88. The van der Waals surface area contributed by atoms with Crippen LogP contribution in [0.4, 0.5) is 8.78 Å². The van der Waals surface area contributed by atoms with E-state index in [1.807, 2.05) is 0 Å². The van der Waals surface area contributed by atoms with E-state index in [1.165, 1.54) is 7.11 Å². The molecule has 1 aromatic rings. The SMILES string of the molecule is COc1cc(C(F)(F)C(=O)O)ccc1O. The molecule has 82 valence electrons. The molecule has 0 aliphatic carbocycles. The molecule has 0 spiro atoms. The van der Waals surface area contributed by atoms with Crippen LogP contribution >= 0.6 is 0 Å². The minimum atomic E-state index is -4.00. The average Bonchev–Trinajstić information content (AvgIpc) is 2.18.